The number of nitrogens with zero attached hydrogens (tertiary/aromatic N) is 1. The highest BCUT2D eigenvalue weighted by molar-refractivity contribution is 7.98. The summed E-state index contributed by atoms with van der Waals surface area (Å²) in [7, 11) is 0. The number of carbonyl (C=O) groups is 2. The third-order valence-corrected chi connectivity index (χ3v) is 6.51. The molecule has 1 aliphatic heterocycles. The highest BCUT2D eigenvalue weighted by Crippen LogP contribution is 2.40. The molecule has 4 aromatic rings. The molecule has 2 aromatic carbocycles. The number of hydrogen-bond donors (Lipinski definition) is 3. The molecule has 6 nitrogen and oxygen atoms in total. The van der Waals surface area contributed by atoms with Crippen LogP contribution in [0.2, 0.25) is 0 Å². The molecule has 4 N–H and O–H groups in total. The van der Waals surface area contributed by atoms with Crippen LogP contribution in [-0.4, -0.2) is 34.2 Å². The van der Waals surface area contributed by atoms with Crippen LogP contribution in [0.1, 0.15) is 17.5 Å². The van der Waals surface area contributed by atoms with Crippen molar-refractivity contribution in [3.63, 3.8) is 0 Å². The lowest BCUT2D eigenvalue weighted by Crippen LogP contribution is -2.22. The molecule has 0 aliphatic carbocycles. The van der Waals surface area contributed by atoms with Crippen molar-refractivity contribution in [2.45, 2.75) is 17.9 Å². The zero-order valence-corrected chi connectivity index (χ0v) is 17.9. The average molecular weight is 431 g/mol. The predicted octanol–water partition coefficient (Wildman–Crippen LogP) is 3.76. The number of carbonyl (C=O) groups excluding carboxylic acids is 2. The van der Waals surface area contributed by atoms with Gasteiger partial charge in [0.2, 0.25) is 0 Å². The van der Waals surface area contributed by atoms with E-state index in [0.717, 1.165) is 50.8 Å². The van der Waals surface area contributed by atoms with Crippen molar-refractivity contribution in [2.75, 3.05) is 12.8 Å². The number of benzene rings is 2. The number of H-pyrrole nitrogens is 1. The molecule has 0 bridgehead atoms. The van der Waals surface area contributed by atoms with Crippen LogP contribution in [0.15, 0.2) is 59.8 Å². The van der Waals surface area contributed by atoms with Gasteiger partial charge in [-0.05, 0) is 31.4 Å². The van der Waals surface area contributed by atoms with Crippen LogP contribution < -0.4 is 11.1 Å². The molecule has 0 radical (unpaired) electrons. The topological polar surface area (TPSA) is 92.9 Å². The Morgan fingerprint density at radius 3 is 2.48 bits per heavy atom. The van der Waals surface area contributed by atoms with E-state index in [1.54, 1.807) is 18.0 Å². The lowest BCUT2D eigenvalue weighted by molar-refractivity contribution is -0.122. The Hall–Kier alpha value is -3.29. The number of thioether (sulfide) groups is 1. The highest BCUT2D eigenvalue weighted by atomic mass is 32.2. The highest BCUT2D eigenvalue weighted by Gasteiger charge is 2.35. The Bertz CT molecular complexity index is 1380. The molecule has 1 aliphatic rings. The number of para-hydroxylation sites is 2. The number of amides is 2. The van der Waals surface area contributed by atoms with Gasteiger partial charge in [0.1, 0.15) is 0 Å². The fraction of sp³-hybridized carbons (Fsp3) is 0.167. The minimum atomic E-state index is -0.367. The normalized spacial score (nSPS) is 14.3. The lowest BCUT2D eigenvalue weighted by atomic mass is 9.95. The first kappa shape index (κ1) is 19.7. The number of nitrogens with two attached hydrogens (primary N) is 1. The van der Waals surface area contributed by atoms with E-state index < -0.39 is 0 Å². The van der Waals surface area contributed by atoms with E-state index in [-0.39, 0.29) is 11.8 Å². The lowest BCUT2D eigenvalue weighted by Gasteiger charge is -2.07. The maximum absolute atomic E-state index is 13.0. The van der Waals surface area contributed by atoms with Crippen LogP contribution in [0.25, 0.3) is 33.0 Å². The van der Waals surface area contributed by atoms with Crippen molar-refractivity contribution in [3.8, 4) is 0 Å². The van der Waals surface area contributed by atoms with Crippen LogP contribution in [0, 0.1) is 0 Å². The van der Waals surface area contributed by atoms with E-state index in [1.165, 1.54) is 0 Å². The molecule has 156 valence electrons. The summed E-state index contributed by atoms with van der Waals surface area (Å²) in [5.41, 5.74) is 10.1. The van der Waals surface area contributed by atoms with E-state index in [4.69, 9.17) is 5.73 Å². The molecule has 7 heteroatoms. The van der Waals surface area contributed by atoms with Gasteiger partial charge in [0.25, 0.3) is 11.8 Å². The summed E-state index contributed by atoms with van der Waals surface area (Å²) in [6, 6.07) is 13.9. The number of fused-ring (bicyclic) bond motifs is 2. The number of imide groups is 1. The molecule has 31 heavy (non-hydrogen) atoms. The number of nitrogens with one attached hydrogen (secondary N) is 2. The number of aromatic nitrogens is 2. The van der Waals surface area contributed by atoms with E-state index in [2.05, 4.69) is 20.9 Å². The van der Waals surface area contributed by atoms with Crippen molar-refractivity contribution >= 4 is 56.5 Å². The number of aromatic amines is 1. The first-order valence-corrected chi connectivity index (χ1v) is 11.4. The maximum atomic E-state index is 13.0. The second-order valence-corrected chi connectivity index (χ2v) is 8.36. The summed E-state index contributed by atoms with van der Waals surface area (Å²) in [4.78, 5) is 30.3. The van der Waals surface area contributed by atoms with Gasteiger partial charge in [-0.15, -0.1) is 11.8 Å². The second kappa shape index (κ2) is 7.76. The van der Waals surface area contributed by atoms with Gasteiger partial charge in [-0.2, -0.15) is 0 Å². The molecule has 0 atom stereocenters. The van der Waals surface area contributed by atoms with Crippen LogP contribution in [0.4, 0.5) is 0 Å². The van der Waals surface area contributed by atoms with Gasteiger partial charge in [0, 0.05) is 51.2 Å². The van der Waals surface area contributed by atoms with Gasteiger partial charge in [0.05, 0.1) is 16.7 Å². The maximum Gasteiger partial charge on any atom is 0.259 e. The molecular weight excluding hydrogens is 408 g/mol. The van der Waals surface area contributed by atoms with Gasteiger partial charge in [0.15, 0.2) is 0 Å². The van der Waals surface area contributed by atoms with Crippen LogP contribution in [0.5, 0.6) is 0 Å². The molecule has 0 unspecified atom stereocenters. The SMILES string of the molecule is CSc1cccc2c(C3=C(c4c[nH]c5ccccc45)C(=O)NC3=O)cn(CCCN)c12. The molecule has 0 spiro atoms. The largest absolute Gasteiger partial charge is 0.361 e. The van der Waals surface area contributed by atoms with Crippen molar-refractivity contribution < 1.29 is 9.59 Å². The molecule has 5 rings (SSSR count). The van der Waals surface area contributed by atoms with E-state index in [1.807, 2.05) is 48.9 Å². The molecule has 0 fully saturated rings. The Kier molecular flexibility index (Phi) is 4.92. The summed E-state index contributed by atoms with van der Waals surface area (Å²) in [6.07, 6.45) is 6.66. The summed E-state index contributed by atoms with van der Waals surface area (Å²) in [6.45, 7) is 1.33. The van der Waals surface area contributed by atoms with Gasteiger partial charge in [-0.25, -0.2) is 0 Å². The molecule has 0 saturated carbocycles. The van der Waals surface area contributed by atoms with E-state index >= 15 is 0 Å². The number of aryl methyl sites for hydroxylation is 1. The Morgan fingerprint density at radius 2 is 1.71 bits per heavy atom. The first-order chi connectivity index (χ1) is 15.1. The van der Waals surface area contributed by atoms with Gasteiger partial charge >= 0.3 is 0 Å². The molecular formula is C24H22N4O2S. The van der Waals surface area contributed by atoms with Crippen molar-refractivity contribution in [2.24, 2.45) is 5.73 Å². The average Bonchev–Trinajstić information content (AvgIpc) is 3.45. The van der Waals surface area contributed by atoms with E-state index in [9.17, 15) is 9.59 Å². The van der Waals surface area contributed by atoms with Crippen LogP contribution in [-0.2, 0) is 16.1 Å². The minimum absolute atomic E-state index is 0.363. The fourth-order valence-electron chi connectivity index (χ4n) is 4.38. The third-order valence-electron chi connectivity index (χ3n) is 5.74. The van der Waals surface area contributed by atoms with Crippen molar-refractivity contribution in [1.82, 2.24) is 14.9 Å². The van der Waals surface area contributed by atoms with Crippen molar-refractivity contribution in [3.05, 3.63) is 66.0 Å². The Balaban J connectivity index is 1.81. The summed E-state index contributed by atoms with van der Waals surface area (Å²) < 4.78 is 2.15. The zero-order chi connectivity index (χ0) is 21.5. The van der Waals surface area contributed by atoms with E-state index in [0.29, 0.717) is 17.7 Å². The summed E-state index contributed by atoms with van der Waals surface area (Å²) >= 11 is 1.66. The smallest absolute Gasteiger partial charge is 0.259 e. The van der Waals surface area contributed by atoms with Gasteiger partial charge in [-0.3, -0.25) is 14.9 Å². The van der Waals surface area contributed by atoms with Crippen LogP contribution in [0.3, 0.4) is 0 Å². The Morgan fingerprint density at radius 1 is 0.968 bits per heavy atom. The van der Waals surface area contributed by atoms with Gasteiger partial charge in [-0.1, -0.05) is 30.3 Å². The molecule has 3 heterocycles. The van der Waals surface area contributed by atoms with Crippen LogP contribution >= 0.6 is 11.8 Å². The predicted molar refractivity (Wildman–Crippen MR) is 126 cm³/mol. The number of hydrogen-bond acceptors (Lipinski definition) is 4. The molecule has 2 aromatic heterocycles. The minimum Gasteiger partial charge on any atom is -0.361 e. The number of rotatable bonds is 6. The summed E-state index contributed by atoms with van der Waals surface area (Å²) in [5.74, 6) is -0.730. The Labute approximate surface area is 183 Å². The molecule has 2 amide bonds. The monoisotopic (exact) mass is 430 g/mol. The first-order valence-electron chi connectivity index (χ1n) is 10.2. The third kappa shape index (κ3) is 3.08. The summed E-state index contributed by atoms with van der Waals surface area (Å²) in [5, 5.41) is 4.39. The van der Waals surface area contributed by atoms with Crippen molar-refractivity contribution in [1.29, 1.82) is 0 Å². The molecule has 0 saturated heterocycles. The standard InChI is InChI=1S/C24H22N4O2S/c1-31-19-9-4-7-15-17(13-28(22(15)19)11-5-10-25)21-20(23(29)27-24(21)30)16-12-26-18-8-3-2-6-14(16)18/h2-4,6-9,12-13,26H,5,10-11,25H2,1H3,(H,27,29,30). The van der Waals surface area contributed by atoms with Gasteiger partial charge < -0.3 is 15.3 Å². The zero-order valence-electron chi connectivity index (χ0n) is 17.1. The quantitative estimate of drug-likeness (QED) is 0.321. The second-order valence-electron chi connectivity index (χ2n) is 7.52. The fourth-order valence-corrected chi connectivity index (χ4v) is 5.01.